The molecule has 0 spiro atoms. The summed E-state index contributed by atoms with van der Waals surface area (Å²) in [7, 11) is 1.71. The van der Waals surface area contributed by atoms with Gasteiger partial charge < -0.3 is 9.47 Å². The fraction of sp³-hybridized carbons (Fsp3) is 0.348. The summed E-state index contributed by atoms with van der Waals surface area (Å²) in [4.78, 5) is 5.55. The highest BCUT2D eigenvalue weighted by Gasteiger charge is 2.20. The molecule has 140 valence electrons. The van der Waals surface area contributed by atoms with Gasteiger partial charge in [0.1, 0.15) is 0 Å². The van der Waals surface area contributed by atoms with Crippen molar-refractivity contribution in [2.24, 2.45) is 0 Å². The third-order valence-corrected chi connectivity index (χ3v) is 6.24. The lowest BCUT2D eigenvalue weighted by atomic mass is 9.91. The lowest BCUT2D eigenvalue weighted by molar-refractivity contribution is 0.200. The molecule has 0 saturated heterocycles. The Labute approximate surface area is 165 Å². The number of hydrogen-bond donors (Lipinski definition) is 0. The molecule has 0 aliphatic heterocycles. The van der Waals surface area contributed by atoms with Crippen LogP contribution in [0, 0.1) is 0 Å². The first-order valence-corrected chi connectivity index (χ1v) is 10.5. The minimum absolute atomic E-state index is 0.320. The zero-order valence-electron chi connectivity index (χ0n) is 15.6. The van der Waals surface area contributed by atoms with Crippen LogP contribution < -0.4 is 9.47 Å². The van der Waals surface area contributed by atoms with Crippen LogP contribution in [0.4, 0.5) is 0 Å². The van der Waals surface area contributed by atoms with E-state index in [9.17, 15) is 0 Å². The van der Waals surface area contributed by atoms with Gasteiger partial charge in [-0.05, 0) is 78.9 Å². The van der Waals surface area contributed by atoms with E-state index in [-0.39, 0.29) is 0 Å². The first-order chi connectivity index (χ1) is 13.3. The smallest absolute Gasteiger partial charge is 0.161 e. The van der Waals surface area contributed by atoms with Gasteiger partial charge in [0.2, 0.25) is 0 Å². The van der Waals surface area contributed by atoms with Crippen LogP contribution >= 0.6 is 11.3 Å². The van der Waals surface area contributed by atoms with Crippen molar-refractivity contribution in [1.82, 2.24) is 4.98 Å². The van der Waals surface area contributed by atoms with Crippen molar-refractivity contribution in [3.63, 3.8) is 0 Å². The maximum absolute atomic E-state index is 6.28. The number of thiophene rings is 1. The Morgan fingerprint density at radius 3 is 2.59 bits per heavy atom. The van der Waals surface area contributed by atoms with Gasteiger partial charge in [-0.2, -0.15) is 0 Å². The summed E-state index contributed by atoms with van der Waals surface area (Å²) >= 11 is 1.81. The van der Waals surface area contributed by atoms with E-state index in [1.807, 2.05) is 18.5 Å². The van der Waals surface area contributed by atoms with Gasteiger partial charge in [-0.25, -0.2) is 0 Å². The van der Waals surface area contributed by atoms with Crippen molar-refractivity contribution in [3.05, 3.63) is 76.2 Å². The van der Waals surface area contributed by atoms with Crippen molar-refractivity contribution in [2.75, 3.05) is 7.11 Å². The van der Waals surface area contributed by atoms with Crippen LogP contribution in [0.3, 0.4) is 0 Å². The Morgan fingerprint density at radius 1 is 1.07 bits per heavy atom. The third-order valence-electron chi connectivity index (χ3n) is 5.26. The fourth-order valence-electron chi connectivity index (χ4n) is 3.83. The molecule has 0 amide bonds. The van der Waals surface area contributed by atoms with Crippen molar-refractivity contribution < 1.29 is 9.47 Å². The number of rotatable bonds is 7. The summed E-state index contributed by atoms with van der Waals surface area (Å²) in [5.74, 6) is 2.02. The highest BCUT2D eigenvalue weighted by molar-refractivity contribution is 7.10. The summed E-state index contributed by atoms with van der Waals surface area (Å²) in [6.07, 6.45) is 9.80. The van der Waals surface area contributed by atoms with Crippen molar-refractivity contribution in [3.8, 4) is 11.5 Å². The van der Waals surface area contributed by atoms with E-state index in [0.717, 1.165) is 30.8 Å². The largest absolute Gasteiger partial charge is 0.493 e. The Hall–Kier alpha value is -2.33. The Kier molecular flexibility index (Phi) is 5.73. The number of pyridine rings is 1. The summed E-state index contributed by atoms with van der Waals surface area (Å²) in [5.41, 5.74) is 2.56. The molecule has 1 atom stereocenters. The molecule has 2 heterocycles. The molecule has 2 aromatic heterocycles. The predicted octanol–water partition coefficient (Wildman–Crippen LogP) is 5.85. The lowest BCUT2D eigenvalue weighted by Crippen LogP contribution is -2.12. The molecule has 27 heavy (non-hydrogen) atoms. The minimum Gasteiger partial charge on any atom is -0.493 e. The first-order valence-electron chi connectivity index (χ1n) is 9.60. The fourth-order valence-corrected chi connectivity index (χ4v) is 4.68. The van der Waals surface area contributed by atoms with E-state index in [2.05, 4.69) is 46.8 Å². The molecule has 4 rings (SSSR count). The third kappa shape index (κ3) is 4.33. The molecule has 3 nitrogen and oxygen atoms in total. The molecule has 1 aromatic carbocycles. The molecule has 1 fully saturated rings. The van der Waals surface area contributed by atoms with Gasteiger partial charge in [0.25, 0.3) is 0 Å². The van der Waals surface area contributed by atoms with Crippen LogP contribution in [0.5, 0.6) is 11.5 Å². The maximum Gasteiger partial charge on any atom is 0.161 e. The Balaban J connectivity index is 1.61. The number of benzene rings is 1. The van der Waals surface area contributed by atoms with Gasteiger partial charge in [-0.1, -0.05) is 12.1 Å². The number of nitrogens with zero attached hydrogens (tertiary/aromatic N) is 1. The Morgan fingerprint density at radius 2 is 1.89 bits per heavy atom. The molecule has 1 saturated carbocycles. The van der Waals surface area contributed by atoms with E-state index in [1.165, 1.54) is 28.8 Å². The van der Waals surface area contributed by atoms with Gasteiger partial charge in [-0.3, -0.25) is 4.98 Å². The molecule has 0 N–H and O–H groups in total. The van der Waals surface area contributed by atoms with Gasteiger partial charge in [0.05, 0.1) is 13.2 Å². The van der Waals surface area contributed by atoms with Crippen LogP contribution in [0.15, 0.2) is 60.2 Å². The highest BCUT2D eigenvalue weighted by atomic mass is 32.1. The van der Waals surface area contributed by atoms with E-state index in [4.69, 9.17) is 9.47 Å². The molecule has 0 bridgehead atoms. The average molecular weight is 380 g/mol. The van der Waals surface area contributed by atoms with Gasteiger partial charge in [0, 0.05) is 23.2 Å². The van der Waals surface area contributed by atoms with Crippen LogP contribution in [-0.4, -0.2) is 18.2 Å². The second-order valence-electron chi connectivity index (χ2n) is 7.06. The van der Waals surface area contributed by atoms with E-state index in [1.54, 1.807) is 18.4 Å². The predicted molar refractivity (Wildman–Crippen MR) is 110 cm³/mol. The molecule has 1 aliphatic rings. The lowest BCUT2D eigenvalue weighted by Gasteiger charge is -2.19. The van der Waals surface area contributed by atoms with Crippen LogP contribution in [0.25, 0.3) is 0 Å². The minimum atomic E-state index is 0.320. The van der Waals surface area contributed by atoms with Crippen LogP contribution in [0.1, 0.15) is 47.6 Å². The Bertz CT molecular complexity index is 842. The van der Waals surface area contributed by atoms with Crippen molar-refractivity contribution in [1.29, 1.82) is 0 Å². The van der Waals surface area contributed by atoms with Crippen molar-refractivity contribution in [2.45, 2.75) is 44.1 Å². The second-order valence-corrected chi connectivity index (χ2v) is 8.04. The summed E-state index contributed by atoms with van der Waals surface area (Å²) in [5, 5.41) is 2.15. The second kappa shape index (κ2) is 8.57. The number of ether oxygens (including phenoxy) is 2. The van der Waals surface area contributed by atoms with E-state index < -0.39 is 0 Å². The highest BCUT2D eigenvalue weighted by Crippen LogP contribution is 2.36. The molecule has 1 unspecified atom stereocenters. The molecule has 3 aromatic rings. The maximum atomic E-state index is 6.28. The number of aromatic nitrogens is 1. The van der Waals surface area contributed by atoms with E-state index in [0.29, 0.717) is 12.0 Å². The quantitative estimate of drug-likeness (QED) is 0.516. The summed E-state index contributed by atoms with van der Waals surface area (Å²) in [6, 6.07) is 14.9. The van der Waals surface area contributed by atoms with Gasteiger partial charge >= 0.3 is 0 Å². The number of hydrogen-bond acceptors (Lipinski definition) is 4. The van der Waals surface area contributed by atoms with Gasteiger partial charge in [0.15, 0.2) is 11.5 Å². The normalized spacial score (nSPS) is 15.6. The SMILES string of the molecule is COc1ccc(CC(c2ccncc2)c2cccs2)cc1OC1CCCC1. The molecule has 1 aliphatic carbocycles. The van der Waals surface area contributed by atoms with Crippen LogP contribution in [-0.2, 0) is 6.42 Å². The van der Waals surface area contributed by atoms with Crippen LogP contribution in [0.2, 0.25) is 0 Å². The molecular formula is C23H25NO2S. The summed E-state index contributed by atoms with van der Waals surface area (Å²) < 4.78 is 11.8. The van der Waals surface area contributed by atoms with Crippen molar-refractivity contribution >= 4 is 11.3 Å². The zero-order chi connectivity index (χ0) is 18.5. The molecule has 4 heteroatoms. The topological polar surface area (TPSA) is 31.4 Å². The first kappa shape index (κ1) is 18.1. The van der Waals surface area contributed by atoms with Gasteiger partial charge in [-0.15, -0.1) is 11.3 Å². The van der Waals surface area contributed by atoms with E-state index >= 15 is 0 Å². The number of methoxy groups -OCH3 is 1. The monoisotopic (exact) mass is 379 g/mol. The molecular weight excluding hydrogens is 354 g/mol. The average Bonchev–Trinajstić information content (AvgIpc) is 3.41. The zero-order valence-corrected chi connectivity index (χ0v) is 16.5. The standard InChI is InChI=1S/C23H25NO2S/c1-25-21-9-8-17(16-22(21)26-19-5-2-3-6-19)15-20(23-7-4-14-27-23)18-10-12-24-13-11-18/h4,7-14,16,19-20H,2-3,5-6,15H2,1H3. The molecule has 0 radical (unpaired) electrons. The summed E-state index contributed by atoms with van der Waals surface area (Å²) in [6.45, 7) is 0.